The van der Waals surface area contributed by atoms with Gasteiger partial charge in [-0.05, 0) is 52.7 Å². The molecule has 0 aliphatic heterocycles. The first kappa shape index (κ1) is 25.9. The summed E-state index contributed by atoms with van der Waals surface area (Å²) in [5.41, 5.74) is 1.62. The zero-order valence-electron chi connectivity index (χ0n) is 22.0. The predicted octanol–water partition coefficient (Wildman–Crippen LogP) is 6.80. The number of nitrogens with zero attached hydrogens (tertiary/aromatic N) is 1. The molecule has 3 rings (SSSR count). The molecule has 0 aliphatic carbocycles. The van der Waals surface area contributed by atoms with Crippen molar-refractivity contribution >= 4 is 16.8 Å². The first-order valence-corrected chi connectivity index (χ1v) is 12.4. The highest BCUT2D eigenvalue weighted by Crippen LogP contribution is 2.49. The highest BCUT2D eigenvalue weighted by atomic mass is 16.4. The van der Waals surface area contributed by atoms with Crippen molar-refractivity contribution in [1.82, 2.24) is 0 Å². The zero-order chi connectivity index (χ0) is 25.3. The number of rotatable bonds is 9. The average Bonchev–Trinajstić information content (AvgIpc) is 2.77. The monoisotopic (exact) mass is 462 g/mol. The maximum absolute atomic E-state index is 12.9. The minimum absolute atomic E-state index is 0.0905. The van der Waals surface area contributed by atoms with Gasteiger partial charge in [0.05, 0.1) is 0 Å². The van der Waals surface area contributed by atoms with E-state index in [1.807, 2.05) is 29.1 Å². The van der Waals surface area contributed by atoms with E-state index in [0.717, 1.165) is 11.8 Å². The lowest BCUT2D eigenvalue weighted by atomic mass is 9.61. The van der Waals surface area contributed by atoms with Gasteiger partial charge >= 0.3 is 5.63 Å². The molecule has 0 spiro atoms. The summed E-state index contributed by atoms with van der Waals surface area (Å²) in [6.45, 7) is 18.7. The van der Waals surface area contributed by atoms with Gasteiger partial charge < -0.3 is 4.42 Å². The third-order valence-electron chi connectivity index (χ3n) is 8.27. The van der Waals surface area contributed by atoms with Crippen molar-refractivity contribution in [3.8, 4) is 0 Å². The van der Waals surface area contributed by atoms with Crippen LogP contribution in [0.5, 0.6) is 0 Å². The molecule has 182 valence electrons. The van der Waals surface area contributed by atoms with Crippen molar-refractivity contribution in [2.45, 2.75) is 74.3 Å². The number of Topliss-reactive ketones (excluding diaryl/α,β-unsaturated/α-hetero) is 1. The van der Waals surface area contributed by atoms with Gasteiger partial charge in [-0.1, -0.05) is 73.6 Å². The molecule has 2 heterocycles. The van der Waals surface area contributed by atoms with E-state index in [0.29, 0.717) is 23.3 Å². The van der Waals surface area contributed by atoms with Crippen LogP contribution in [0.1, 0.15) is 83.7 Å². The molecule has 1 atom stereocenters. The van der Waals surface area contributed by atoms with Gasteiger partial charge in [-0.25, -0.2) is 4.79 Å². The fourth-order valence-electron chi connectivity index (χ4n) is 4.29. The summed E-state index contributed by atoms with van der Waals surface area (Å²) < 4.78 is 7.18. The Morgan fingerprint density at radius 3 is 2.15 bits per heavy atom. The van der Waals surface area contributed by atoms with Crippen LogP contribution in [-0.2, 0) is 6.54 Å². The molecular formula is C30H40NO3+. The summed E-state index contributed by atoms with van der Waals surface area (Å²) in [5, 5.41) is 0.748. The Balaban J connectivity index is 1.86. The molecule has 34 heavy (non-hydrogen) atoms. The van der Waals surface area contributed by atoms with Crippen LogP contribution in [0.2, 0.25) is 0 Å². The molecule has 4 heteroatoms. The van der Waals surface area contributed by atoms with E-state index in [9.17, 15) is 9.59 Å². The summed E-state index contributed by atoms with van der Waals surface area (Å²) in [6.07, 6.45) is 5.01. The molecule has 0 saturated heterocycles. The molecule has 3 aromatic rings. The number of carbonyl (C=O) groups is 1. The Labute approximate surface area is 204 Å². The van der Waals surface area contributed by atoms with Gasteiger partial charge in [-0.15, -0.1) is 0 Å². The average molecular weight is 463 g/mol. The Kier molecular flexibility index (Phi) is 7.50. The fraction of sp³-hybridized carbons (Fsp3) is 0.500. The van der Waals surface area contributed by atoms with E-state index in [2.05, 4.69) is 67.5 Å². The third-order valence-corrected chi connectivity index (χ3v) is 8.27. The van der Waals surface area contributed by atoms with Crippen LogP contribution in [0.25, 0.3) is 11.0 Å². The number of carbonyl (C=O) groups excluding carboxylic acids is 1. The summed E-state index contributed by atoms with van der Waals surface area (Å²) >= 11 is 0. The molecular weight excluding hydrogens is 422 g/mol. The van der Waals surface area contributed by atoms with Gasteiger partial charge in [0.1, 0.15) is 11.1 Å². The topological polar surface area (TPSA) is 51.2 Å². The van der Waals surface area contributed by atoms with Crippen molar-refractivity contribution in [3.05, 3.63) is 76.4 Å². The van der Waals surface area contributed by atoms with Crippen LogP contribution < -0.4 is 10.2 Å². The number of para-hydroxylation sites is 1. The van der Waals surface area contributed by atoms with Gasteiger partial charge in [0, 0.05) is 17.5 Å². The van der Waals surface area contributed by atoms with E-state index >= 15 is 0 Å². The number of hydrogen-bond acceptors (Lipinski definition) is 3. The Morgan fingerprint density at radius 1 is 0.941 bits per heavy atom. The standard InChI is InChI=1S/C30H40NO3/c1-20(2)29(5,6)18-25(30(7,8)21(3)4)22-13-15-31(16-14-22)19-26(32)24-17-23-11-9-10-12-27(23)34-28(24)33/h9-17,20-21,25H,18-19H2,1-8H3/q+1. The lowest BCUT2D eigenvalue weighted by Crippen LogP contribution is -2.39. The van der Waals surface area contributed by atoms with Crippen molar-refractivity contribution in [1.29, 1.82) is 0 Å². The fourth-order valence-corrected chi connectivity index (χ4v) is 4.29. The van der Waals surface area contributed by atoms with Crippen LogP contribution in [0.4, 0.5) is 0 Å². The van der Waals surface area contributed by atoms with E-state index in [4.69, 9.17) is 4.42 Å². The van der Waals surface area contributed by atoms with Gasteiger partial charge in [0.25, 0.3) is 0 Å². The molecule has 0 fully saturated rings. The van der Waals surface area contributed by atoms with Crippen LogP contribution in [0, 0.1) is 22.7 Å². The Hall–Kier alpha value is -2.75. The van der Waals surface area contributed by atoms with Crippen molar-refractivity contribution in [3.63, 3.8) is 0 Å². The second kappa shape index (κ2) is 9.85. The smallest absolute Gasteiger partial charge is 0.347 e. The number of fused-ring (bicyclic) bond motifs is 1. The first-order valence-electron chi connectivity index (χ1n) is 12.4. The zero-order valence-corrected chi connectivity index (χ0v) is 22.0. The SMILES string of the molecule is CC(C)C(C)(C)CC(c1cc[n+](CC(=O)c2cc3ccccc3oc2=O)cc1)C(C)(C)C(C)C. The van der Waals surface area contributed by atoms with Crippen LogP contribution in [0.3, 0.4) is 0 Å². The van der Waals surface area contributed by atoms with Crippen molar-refractivity contribution in [2.75, 3.05) is 0 Å². The normalized spacial score (nSPS) is 13.6. The second-order valence-corrected chi connectivity index (χ2v) is 11.6. The number of aromatic nitrogens is 1. The molecule has 0 radical (unpaired) electrons. The summed E-state index contributed by atoms with van der Waals surface area (Å²) in [6, 6.07) is 13.1. The maximum atomic E-state index is 12.9. The Bertz CT molecular complexity index is 1200. The molecule has 1 aromatic carbocycles. The number of hydrogen-bond donors (Lipinski definition) is 0. The lowest BCUT2D eigenvalue weighted by molar-refractivity contribution is -0.683. The van der Waals surface area contributed by atoms with Crippen LogP contribution in [0.15, 0.2) is 64.1 Å². The van der Waals surface area contributed by atoms with E-state index < -0.39 is 5.63 Å². The molecule has 0 amide bonds. The molecule has 4 nitrogen and oxygen atoms in total. The van der Waals surface area contributed by atoms with Crippen LogP contribution in [-0.4, -0.2) is 5.78 Å². The molecule has 0 aliphatic rings. The van der Waals surface area contributed by atoms with Gasteiger partial charge in [0.2, 0.25) is 12.3 Å². The quantitative estimate of drug-likeness (QED) is 0.200. The van der Waals surface area contributed by atoms with Gasteiger partial charge in [0.15, 0.2) is 12.4 Å². The lowest BCUT2D eigenvalue weighted by Gasteiger charge is -2.43. The van der Waals surface area contributed by atoms with E-state index in [1.165, 1.54) is 5.56 Å². The minimum atomic E-state index is -0.587. The molecule has 0 bridgehead atoms. The number of pyridine rings is 1. The predicted molar refractivity (Wildman–Crippen MR) is 138 cm³/mol. The van der Waals surface area contributed by atoms with Crippen LogP contribution >= 0.6 is 0 Å². The summed E-state index contributed by atoms with van der Waals surface area (Å²) in [4.78, 5) is 25.3. The minimum Gasteiger partial charge on any atom is -0.422 e. The molecule has 0 N–H and O–H groups in total. The van der Waals surface area contributed by atoms with Crippen molar-refractivity contribution < 1.29 is 13.8 Å². The summed E-state index contributed by atoms with van der Waals surface area (Å²) in [7, 11) is 0. The Morgan fingerprint density at radius 2 is 1.56 bits per heavy atom. The number of ketones is 1. The number of benzene rings is 1. The third kappa shape index (κ3) is 5.48. The van der Waals surface area contributed by atoms with Gasteiger partial charge in [-0.2, -0.15) is 4.57 Å². The first-order chi connectivity index (χ1) is 15.8. The molecule has 2 aromatic heterocycles. The van der Waals surface area contributed by atoms with Gasteiger partial charge in [-0.3, -0.25) is 4.79 Å². The highest BCUT2D eigenvalue weighted by molar-refractivity contribution is 5.97. The maximum Gasteiger partial charge on any atom is 0.347 e. The summed E-state index contributed by atoms with van der Waals surface area (Å²) in [5.74, 6) is 1.25. The largest absolute Gasteiger partial charge is 0.422 e. The van der Waals surface area contributed by atoms with Crippen molar-refractivity contribution in [2.24, 2.45) is 22.7 Å². The second-order valence-electron chi connectivity index (χ2n) is 11.6. The van der Waals surface area contributed by atoms with E-state index in [1.54, 1.807) is 18.2 Å². The highest BCUT2D eigenvalue weighted by Gasteiger charge is 2.38. The molecule has 0 saturated carbocycles. The van der Waals surface area contributed by atoms with E-state index in [-0.39, 0.29) is 28.7 Å². The molecule has 1 unspecified atom stereocenters.